The van der Waals surface area contributed by atoms with Crippen LogP contribution in [0.2, 0.25) is 0 Å². The number of halogens is 1. The molecule has 0 saturated carbocycles. The van der Waals surface area contributed by atoms with E-state index in [0.717, 1.165) is 31.7 Å². The first kappa shape index (κ1) is 15.0. The van der Waals surface area contributed by atoms with Gasteiger partial charge in [-0.1, -0.05) is 35.5 Å². The van der Waals surface area contributed by atoms with Crippen molar-refractivity contribution in [3.05, 3.63) is 36.2 Å². The Kier molecular flexibility index (Phi) is 5.11. The van der Waals surface area contributed by atoms with Gasteiger partial charge in [0.25, 0.3) is 0 Å². The van der Waals surface area contributed by atoms with Crippen LogP contribution in [0.3, 0.4) is 0 Å². The van der Waals surface area contributed by atoms with Crippen LogP contribution in [0.25, 0.3) is 11.4 Å². The van der Waals surface area contributed by atoms with Crippen molar-refractivity contribution in [2.75, 3.05) is 19.6 Å². The first-order valence-electron chi connectivity index (χ1n) is 6.65. The van der Waals surface area contributed by atoms with E-state index in [9.17, 15) is 0 Å². The minimum Gasteiger partial charge on any atom is -0.338 e. The van der Waals surface area contributed by atoms with E-state index in [0.29, 0.717) is 17.8 Å². The number of aromatic nitrogens is 2. The molecule has 1 aliphatic heterocycles. The molecule has 1 aliphatic rings. The maximum atomic E-state index is 5.33. The smallest absolute Gasteiger partial charge is 0.241 e. The lowest BCUT2D eigenvalue weighted by atomic mass is 10.2. The van der Waals surface area contributed by atoms with Crippen molar-refractivity contribution in [1.82, 2.24) is 20.4 Å². The monoisotopic (exact) mass is 294 g/mol. The molecule has 108 valence electrons. The van der Waals surface area contributed by atoms with E-state index in [1.807, 2.05) is 30.3 Å². The Hall–Kier alpha value is -1.43. The lowest BCUT2D eigenvalue weighted by Crippen LogP contribution is -2.48. The standard InChI is InChI=1S/C14H18N4O.ClH/c1-11-9-18(8-7-15-11)10-13-16-14(17-19-13)12-5-3-2-4-6-12;/h2-6,11,15H,7-10H2,1H3;1H. The van der Waals surface area contributed by atoms with Crippen molar-refractivity contribution < 1.29 is 4.52 Å². The van der Waals surface area contributed by atoms with Crippen molar-refractivity contribution >= 4 is 12.4 Å². The third-order valence-electron chi connectivity index (χ3n) is 3.31. The van der Waals surface area contributed by atoms with Gasteiger partial charge in [0.2, 0.25) is 11.7 Å². The van der Waals surface area contributed by atoms with Crippen molar-refractivity contribution in [2.24, 2.45) is 0 Å². The first-order chi connectivity index (χ1) is 9.31. The zero-order chi connectivity index (χ0) is 13.1. The van der Waals surface area contributed by atoms with Crippen molar-refractivity contribution in [2.45, 2.75) is 19.5 Å². The molecule has 2 heterocycles. The van der Waals surface area contributed by atoms with E-state index in [-0.39, 0.29) is 12.4 Å². The van der Waals surface area contributed by atoms with Crippen LogP contribution in [0.1, 0.15) is 12.8 Å². The minimum atomic E-state index is 0. The molecule has 1 unspecified atom stereocenters. The van der Waals surface area contributed by atoms with Gasteiger partial charge in [-0.3, -0.25) is 4.90 Å². The van der Waals surface area contributed by atoms with Crippen LogP contribution in [0.5, 0.6) is 0 Å². The van der Waals surface area contributed by atoms with Crippen LogP contribution in [0.15, 0.2) is 34.9 Å². The Bertz CT molecular complexity index is 531. The number of hydrogen-bond acceptors (Lipinski definition) is 5. The number of nitrogens with one attached hydrogen (secondary N) is 1. The van der Waals surface area contributed by atoms with Crippen LogP contribution in [0, 0.1) is 0 Å². The molecule has 5 nitrogen and oxygen atoms in total. The number of piperazine rings is 1. The van der Waals surface area contributed by atoms with Crippen LogP contribution < -0.4 is 5.32 Å². The summed E-state index contributed by atoms with van der Waals surface area (Å²) in [4.78, 5) is 6.80. The topological polar surface area (TPSA) is 54.2 Å². The van der Waals surface area contributed by atoms with Gasteiger partial charge in [0, 0.05) is 31.2 Å². The molecule has 3 rings (SSSR count). The Balaban J connectivity index is 0.00000147. The largest absolute Gasteiger partial charge is 0.338 e. The number of rotatable bonds is 3. The summed E-state index contributed by atoms with van der Waals surface area (Å²) in [6.07, 6.45) is 0. The van der Waals surface area contributed by atoms with Crippen LogP contribution >= 0.6 is 12.4 Å². The quantitative estimate of drug-likeness (QED) is 0.938. The predicted molar refractivity (Wildman–Crippen MR) is 79.7 cm³/mol. The number of hydrogen-bond donors (Lipinski definition) is 1. The second-order valence-corrected chi connectivity index (χ2v) is 4.97. The lowest BCUT2D eigenvalue weighted by Gasteiger charge is -2.30. The fourth-order valence-corrected chi connectivity index (χ4v) is 2.37. The Labute approximate surface area is 124 Å². The third kappa shape index (κ3) is 3.56. The average molecular weight is 295 g/mol. The van der Waals surface area contributed by atoms with Crippen molar-refractivity contribution in [3.63, 3.8) is 0 Å². The zero-order valence-electron chi connectivity index (χ0n) is 11.5. The normalized spacial score (nSPS) is 19.6. The second-order valence-electron chi connectivity index (χ2n) is 4.97. The van der Waals surface area contributed by atoms with E-state index >= 15 is 0 Å². The molecule has 1 saturated heterocycles. The highest BCUT2D eigenvalue weighted by Crippen LogP contribution is 2.15. The Morgan fingerprint density at radius 3 is 2.90 bits per heavy atom. The van der Waals surface area contributed by atoms with E-state index in [1.54, 1.807) is 0 Å². The molecule has 0 amide bonds. The summed E-state index contributed by atoms with van der Waals surface area (Å²) in [5.74, 6) is 1.35. The van der Waals surface area contributed by atoms with Gasteiger partial charge in [0.05, 0.1) is 6.54 Å². The van der Waals surface area contributed by atoms with Crippen molar-refractivity contribution in [3.8, 4) is 11.4 Å². The Morgan fingerprint density at radius 1 is 1.35 bits per heavy atom. The molecule has 1 N–H and O–H groups in total. The fraction of sp³-hybridized carbons (Fsp3) is 0.429. The SMILES string of the molecule is CC1CN(Cc2nc(-c3ccccc3)no2)CCN1.Cl. The maximum Gasteiger partial charge on any atom is 0.241 e. The summed E-state index contributed by atoms with van der Waals surface area (Å²) < 4.78 is 5.33. The summed E-state index contributed by atoms with van der Waals surface area (Å²) >= 11 is 0. The third-order valence-corrected chi connectivity index (χ3v) is 3.31. The summed E-state index contributed by atoms with van der Waals surface area (Å²) in [6, 6.07) is 10.4. The highest BCUT2D eigenvalue weighted by atomic mass is 35.5. The molecule has 2 aromatic rings. The van der Waals surface area contributed by atoms with Gasteiger partial charge in [-0.15, -0.1) is 12.4 Å². The van der Waals surface area contributed by atoms with Gasteiger partial charge in [-0.05, 0) is 6.92 Å². The van der Waals surface area contributed by atoms with E-state index in [2.05, 4.69) is 27.3 Å². The maximum absolute atomic E-state index is 5.33. The molecule has 1 fully saturated rings. The summed E-state index contributed by atoms with van der Waals surface area (Å²) in [5, 5.41) is 7.46. The predicted octanol–water partition coefficient (Wildman–Crippen LogP) is 1.95. The van der Waals surface area contributed by atoms with Crippen LogP contribution in [-0.4, -0.2) is 40.7 Å². The molecule has 20 heavy (non-hydrogen) atoms. The highest BCUT2D eigenvalue weighted by Gasteiger charge is 2.18. The summed E-state index contributed by atoms with van der Waals surface area (Å²) in [5.41, 5.74) is 0.992. The van der Waals surface area contributed by atoms with Gasteiger partial charge in [0.1, 0.15) is 0 Å². The summed E-state index contributed by atoms with van der Waals surface area (Å²) in [7, 11) is 0. The van der Waals surface area contributed by atoms with E-state index in [4.69, 9.17) is 4.52 Å². The van der Waals surface area contributed by atoms with Gasteiger partial charge in [-0.2, -0.15) is 4.98 Å². The number of benzene rings is 1. The van der Waals surface area contributed by atoms with Crippen LogP contribution in [0.4, 0.5) is 0 Å². The molecule has 1 atom stereocenters. The first-order valence-corrected chi connectivity index (χ1v) is 6.65. The molecule has 0 radical (unpaired) electrons. The zero-order valence-corrected chi connectivity index (χ0v) is 12.3. The second kappa shape index (κ2) is 6.83. The van der Waals surface area contributed by atoms with Gasteiger partial charge in [-0.25, -0.2) is 0 Å². The molecule has 0 aliphatic carbocycles. The molecule has 1 aromatic heterocycles. The Morgan fingerprint density at radius 2 is 2.15 bits per heavy atom. The highest BCUT2D eigenvalue weighted by molar-refractivity contribution is 5.85. The van der Waals surface area contributed by atoms with E-state index in [1.165, 1.54) is 0 Å². The average Bonchev–Trinajstić information content (AvgIpc) is 2.88. The molecular formula is C14H19ClN4O. The fourth-order valence-electron chi connectivity index (χ4n) is 2.37. The lowest BCUT2D eigenvalue weighted by molar-refractivity contribution is 0.177. The van der Waals surface area contributed by atoms with Gasteiger partial charge < -0.3 is 9.84 Å². The molecule has 0 spiro atoms. The van der Waals surface area contributed by atoms with Gasteiger partial charge >= 0.3 is 0 Å². The molecule has 6 heteroatoms. The van der Waals surface area contributed by atoms with Crippen molar-refractivity contribution in [1.29, 1.82) is 0 Å². The molecule has 0 bridgehead atoms. The van der Waals surface area contributed by atoms with Crippen LogP contribution in [-0.2, 0) is 6.54 Å². The summed E-state index contributed by atoms with van der Waals surface area (Å²) in [6.45, 7) is 5.97. The molecule has 1 aromatic carbocycles. The minimum absolute atomic E-state index is 0. The van der Waals surface area contributed by atoms with E-state index < -0.39 is 0 Å². The van der Waals surface area contributed by atoms with Gasteiger partial charge in [0.15, 0.2) is 0 Å². The number of nitrogens with zero attached hydrogens (tertiary/aromatic N) is 3. The molecular weight excluding hydrogens is 276 g/mol.